The molecule has 2 heterocycles. The topological polar surface area (TPSA) is 114 Å². The maximum atomic E-state index is 15.1. The molecule has 4 atom stereocenters. The molecule has 40 heavy (non-hydrogen) atoms. The first-order valence-corrected chi connectivity index (χ1v) is 16.0. The Balaban J connectivity index is 1.55. The van der Waals surface area contributed by atoms with Crippen molar-refractivity contribution in [1.29, 1.82) is 0 Å². The second-order valence-electron chi connectivity index (χ2n) is 11.5. The van der Waals surface area contributed by atoms with E-state index in [0.29, 0.717) is 48.9 Å². The van der Waals surface area contributed by atoms with Crippen molar-refractivity contribution in [3.63, 3.8) is 0 Å². The normalized spacial score (nSPS) is 23.4. The Morgan fingerprint density at radius 3 is 2.67 bits per heavy atom. The van der Waals surface area contributed by atoms with Gasteiger partial charge in [-0.05, 0) is 75.3 Å². The minimum absolute atomic E-state index is 0.0958. The lowest BCUT2D eigenvalue weighted by molar-refractivity contribution is -0.119. The monoisotopic (exact) mass is 594 g/mol. The molecule has 2 aromatic carbocycles. The van der Waals surface area contributed by atoms with Crippen LogP contribution < -0.4 is 16.4 Å². The van der Waals surface area contributed by atoms with Crippen molar-refractivity contribution in [2.75, 3.05) is 37.8 Å². The van der Waals surface area contributed by atoms with E-state index in [-0.39, 0.29) is 29.9 Å². The molecule has 4 N–H and O–H groups in total. The summed E-state index contributed by atoms with van der Waals surface area (Å²) >= 11 is 6.14. The Morgan fingerprint density at radius 2 is 2.00 bits per heavy atom. The van der Waals surface area contributed by atoms with Crippen LogP contribution in [-0.4, -0.2) is 68.8 Å². The third-order valence-corrected chi connectivity index (χ3v) is 9.60. The van der Waals surface area contributed by atoms with E-state index in [9.17, 15) is 13.2 Å². The smallest absolute Gasteiger partial charge is 0.241 e. The highest BCUT2D eigenvalue weighted by Gasteiger charge is 2.39. The first-order valence-electron chi connectivity index (χ1n) is 13.8. The standard InChI is InChI=1S/C29H40ClFN4O4S/c1-29(2)17-20(13-16-39-29)26(19-7-9-21(30)10-8-19)27(32)28(36)34-25-6-4-5-24(31)23(25)12-11-22-18-33-14-15-35(22)40(3,37)38/h4-10,20,22,26-27,33H,11-18,32H2,1-3H3,(H,34,36)/t20?,22-,26-,27-/m0/s1. The van der Waals surface area contributed by atoms with Gasteiger partial charge in [0.05, 0.1) is 17.9 Å². The molecular formula is C29H40ClFN4O4S. The van der Waals surface area contributed by atoms with E-state index in [1.165, 1.54) is 16.6 Å². The number of hydrogen-bond donors (Lipinski definition) is 3. The number of rotatable bonds is 9. The summed E-state index contributed by atoms with van der Waals surface area (Å²) in [7, 11) is -3.39. The molecule has 0 bridgehead atoms. The minimum Gasteiger partial charge on any atom is -0.376 e. The molecule has 8 nitrogen and oxygen atoms in total. The Labute approximate surface area is 241 Å². The number of nitrogens with two attached hydrogens (primary N) is 1. The molecule has 2 fully saturated rings. The number of anilines is 1. The van der Waals surface area contributed by atoms with E-state index in [2.05, 4.69) is 10.6 Å². The first kappa shape index (κ1) is 30.9. The van der Waals surface area contributed by atoms with Gasteiger partial charge in [-0.2, -0.15) is 4.31 Å². The van der Waals surface area contributed by atoms with Crippen molar-refractivity contribution < 1.29 is 22.3 Å². The third kappa shape index (κ3) is 7.60. The van der Waals surface area contributed by atoms with Crippen LogP contribution in [0.4, 0.5) is 10.1 Å². The summed E-state index contributed by atoms with van der Waals surface area (Å²) in [5, 5.41) is 6.70. The molecule has 0 aromatic heterocycles. The number of carbonyl (C=O) groups is 1. The van der Waals surface area contributed by atoms with Crippen LogP contribution in [0.15, 0.2) is 42.5 Å². The fourth-order valence-corrected chi connectivity index (χ4v) is 7.36. The lowest BCUT2D eigenvalue weighted by atomic mass is 9.73. The van der Waals surface area contributed by atoms with Crippen LogP contribution in [0.3, 0.4) is 0 Å². The van der Waals surface area contributed by atoms with Crippen molar-refractivity contribution in [2.24, 2.45) is 11.7 Å². The van der Waals surface area contributed by atoms with Gasteiger partial charge in [0.15, 0.2) is 0 Å². The molecule has 1 amide bonds. The van der Waals surface area contributed by atoms with Crippen LogP contribution in [0.5, 0.6) is 0 Å². The van der Waals surface area contributed by atoms with Gasteiger partial charge in [0.2, 0.25) is 15.9 Å². The molecular weight excluding hydrogens is 555 g/mol. The summed E-state index contributed by atoms with van der Waals surface area (Å²) in [5.74, 6) is -1.07. The maximum absolute atomic E-state index is 15.1. The number of benzene rings is 2. The number of halogens is 2. The zero-order valence-electron chi connectivity index (χ0n) is 23.3. The zero-order chi connectivity index (χ0) is 29.1. The van der Waals surface area contributed by atoms with Gasteiger partial charge in [-0.1, -0.05) is 29.8 Å². The SMILES string of the molecule is CC1(C)CC([C@H](c2ccc(Cl)cc2)[C@H](N)C(=O)Nc2cccc(F)c2CC[C@H]2CNCCN2S(C)(=O)=O)CCO1. The Hall–Kier alpha value is -2.08. The average molecular weight is 595 g/mol. The number of sulfonamides is 1. The Kier molecular flexibility index (Phi) is 9.91. The van der Waals surface area contributed by atoms with Gasteiger partial charge in [0.25, 0.3) is 0 Å². The number of piperazine rings is 1. The van der Waals surface area contributed by atoms with Crippen LogP contribution in [-0.2, 0) is 26.0 Å². The van der Waals surface area contributed by atoms with Crippen molar-refractivity contribution in [1.82, 2.24) is 9.62 Å². The number of hydrogen-bond acceptors (Lipinski definition) is 6. The Morgan fingerprint density at radius 1 is 1.27 bits per heavy atom. The maximum Gasteiger partial charge on any atom is 0.241 e. The van der Waals surface area contributed by atoms with Gasteiger partial charge in [0, 0.05) is 54.5 Å². The highest BCUT2D eigenvalue weighted by Crippen LogP contribution is 2.40. The first-order chi connectivity index (χ1) is 18.9. The minimum atomic E-state index is -3.39. The largest absolute Gasteiger partial charge is 0.376 e. The van der Waals surface area contributed by atoms with Crippen molar-refractivity contribution in [2.45, 2.75) is 63.1 Å². The summed E-state index contributed by atoms with van der Waals surface area (Å²) in [4.78, 5) is 13.6. The van der Waals surface area contributed by atoms with Gasteiger partial charge in [-0.3, -0.25) is 4.79 Å². The van der Waals surface area contributed by atoms with E-state index in [1.54, 1.807) is 24.3 Å². The molecule has 11 heteroatoms. The van der Waals surface area contributed by atoms with Gasteiger partial charge in [-0.25, -0.2) is 12.8 Å². The molecule has 0 radical (unpaired) electrons. The number of nitrogens with zero attached hydrogens (tertiary/aromatic N) is 1. The van der Waals surface area contributed by atoms with Gasteiger partial charge < -0.3 is 21.1 Å². The molecule has 0 spiro atoms. The second-order valence-corrected chi connectivity index (χ2v) is 13.9. The number of amides is 1. The molecule has 2 saturated heterocycles. The highest BCUT2D eigenvalue weighted by atomic mass is 35.5. The van der Waals surface area contributed by atoms with Gasteiger partial charge >= 0.3 is 0 Å². The van der Waals surface area contributed by atoms with Gasteiger partial charge in [0.1, 0.15) is 5.82 Å². The van der Waals surface area contributed by atoms with Crippen molar-refractivity contribution >= 4 is 33.2 Å². The zero-order valence-corrected chi connectivity index (χ0v) is 24.9. The second kappa shape index (κ2) is 12.8. The Bertz CT molecular complexity index is 1290. The quantitative estimate of drug-likeness (QED) is 0.406. The molecule has 220 valence electrons. The van der Waals surface area contributed by atoms with Crippen molar-refractivity contribution in [3.05, 3.63) is 64.4 Å². The number of carbonyl (C=O) groups excluding carboxylic acids is 1. The van der Waals surface area contributed by atoms with Crippen LogP contribution in [0.25, 0.3) is 0 Å². The molecule has 1 unspecified atom stereocenters. The van der Waals surface area contributed by atoms with Crippen LogP contribution in [0.2, 0.25) is 5.02 Å². The lowest BCUT2D eigenvalue weighted by Gasteiger charge is -2.41. The summed E-state index contributed by atoms with van der Waals surface area (Å²) in [6.07, 6.45) is 3.34. The summed E-state index contributed by atoms with van der Waals surface area (Å²) in [6.45, 7) is 6.07. The molecule has 2 aliphatic rings. The van der Waals surface area contributed by atoms with E-state index in [4.69, 9.17) is 22.1 Å². The predicted octanol–water partition coefficient (Wildman–Crippen LogP) is 3.90. The number of nitrogens with one attached hydrogen (secondary N) is 2. The fourth-order valence-electron chi connectivity index (χ4n) is 6.09. The van der Waals surface area contributed by atoms with E-state index >= 15 is 4.39 Å². The van der Waals surface area contributed by atoms with Crippen LogP contribution in [0.1, 0.15) is 50.2 Å². The van der Waals surface area contributed by atoms with E-state index < -0.39 is 27.8 Å². The van der Waals surface area contributed by atoms with Crippen LogP contribution >= 0.6 is 11.6 Å². The van der Waals surface area contributed by atoms with Crippen LogP contribution in [0, 0.1) is 11.7 Å². The lowest BCUT2D eigenvalue weighted by Crippen LogP contribution is -2.53. The van der Waals surface area contributed by atoms with Gasteiger partial charge in [-0.15, -0.1) is 0 Å². The molecule has 0 aliphatic carbocycles. The van der Waals surface area contributed by atoms with E-state index in [0.717, 1.165) is 18.4 Å². The summed E-state index contributed by atoms with van der Waals surface area (Å²) in [5.41, 5.74) is 7.93. The molecule has 2 aliphatic heterocycles. The molecule has 2 aromatic rings. The summed E-state index contributed by atoms with van der Waals surface area (Å²) < 4.78 is 47.0. The average Bonchev–Trinajstić information content (AvgIpc) is 2.88. The fraction of sp³-hybridized carbons (Fsp3) is 0.552. The summed E-state index contributed by atoms with van der Waals surface area (Å²) in [6, 6.07) is 10.7. The highest BCUT2D eigenvalue weighted by molar-refractivity contribution is 7.88. The predicted molar refractivity (Wildman–Crippen MR) is 156 cm³/mol. The van der Waals surface area contributed by atoms with E-state index in [1.807, 2.05) is 26.0 Å². The molecule has 4 rings (SSSR count). The van der Waals surface area contributed by atoms with Crippen molar-refractivity contribution in [3.8, 4) is 0 Å². The number of ether oxygens (including phenoxy) is 1. The molecule has 0 saturated carbocycles. The third-order valence-electron chi connectivity index (χ3n) is 8.01.